The van der Waals surface area contributed by atoms with Crippen molar-refractivity contribution in [3.8, 4) is 0 Å². The van der Waals surface area contributed by atoms with Crippen LogP contribution in [-0.2, 0) is 22.7 Å². The summed E-state index contributed by atoms with van der Waals surface area (Å²) in [6, 6.07) is 0.148. The van der Waals surface area contributed by atoms with Gasteiger partial charge in [0.05, 0.1) is 29.8 Å². The Labute approximate surface area is 119 Å². The lowest BCUT2D eigenvalue weighted by atomic mass is 10.00. The van der Waals surface area contributed by atoms with E-state index in [1.54, 1.807) is 0 Å². The van der Waals surface area contributed by atoms with Gasteiger partial charge in [-0.1, -0.05) is 0 Å². The molecule has 0 radical (unpaired) electrons. The monoisotopic (exact) mass is 298 g/mol. The summed E-state index contributed by atoms with van der Waals surface area (Å²) >= 11 is 0. The molecule has 2 aliphatic heterocycles. The van der Waals surface area contributed by atoms with Gasteiger partial charge in [0.25, 0.3) is 0 Å². The van der Waals surface area contributed by atoms with Crippen molar-refractivity contribution in [2.45, 2.75) is 44.6 Å². The fraction of sp³-hybridized carbons (Fsp3) is 0.786. The average molecular weight is 298 g/mol. The highest BCUT2D eigenvalue weighted by Gasteiger charge is 2.27. The van der Waals surface area contributed by atoms with Gasteiger partial charge in [-0.2, -0.15) is 0 Å². The summed E-state index contributed by atoms with van der Waals surface area (Å²) < 4.78 is 25.5. The number of aliphatic hydroxyl groups is 1. The standard InChI is InChI=1S/C14H22N2O3S/c17-9-13-4-1-5-14-15-12(8-16(13)14)7-11-3-2-6-20(18,19)10-11/h8,11,13,17H,1-7,9-10H2. The van der Waals surface area contributed by atoms with Crippen molar-refractivity contribution in [2.24, 2.45) is 5.92 Å². The van der Waals surface area contributed by atoms with Crippen molar-refractivity contribution in [2.75, 3.05) is 18.1 Å². The predicted molar refractivity (Wildman–Crippen MR) is 76.4 cm³/mol. The molecule has 3 rings (SSSR count). The van der Waals surface area contributed by atoms with Gasteiger partial charge in [-0.05, 0) is 38.0 Å². The summed E-state index contributed by atoms with van der Waals surface area (Å²) in [6.45, 7) is 0.153. The maximum atomic E-state index is 11.7. The van der Waals surface area contributed by atoms with Crippen LogP contribution in [0.25, 0.3) is 0 Å². The SMILES string of the molecule is O=S1(=O)CCCC(Cc2cn3c(n2)CCCC3CO)C1. The predicted octanol–water partition coefficient (Wildman–Crippen LogP) is 1.12. The summed E-state index contributed by atoms with van der Waals surface area (Å²) in [5.41, 5.74) is 0.988. The number of hydrogen-bond donors (Lipinski definition) is 1. The summed E-state index contributed by atoms with van der Waals surface area (Å²) in [4.78, 5) is 4.65. The number of aliphatic hydroxyl groups excluding tert-OH is 1. The molecule has 0 amide bonds. The third-order valence-electron chi connectivity index (χ3n) is 4.46. The first-order valence-electron chi connectivity index (χ1n) is 7.45. The number of hydrogen-bond acceptors (Lipinski definition) is 4. The minimum Gasteiger partial charge on any atom is -0.394 e. The van der Waals surface area contributed by atoms with Crippen LogP contribution in [0.2, 0.25) is 0 Å². The average Bonchev–Trinajstić information content (AvgIpc) is 2.79. The van der Waals surface area contributed by atoms with E-state index >= 15 is 0 Å². The van der Waals surface area contributed by atoms with Gasteiger partial charge in [-0.15, -0.1) is 0 Å². The number of rotatable bonds is 3. The molecule has 6 heteroatoms. The number of imidazole rings is 1. The topological polar surface area (TPSA) is 72.2 Å². The maximum Gasteiger partial charge on any atom is 0.150 e. The number of fused-ring (bicyclic) bond motifs is 1. The van der Waals surface area contributed by atoms with Crippen molar-refractivity contribution in [3.05, 3.63) is 17.7 Å². The van der Waals surface area contributed by atoms with Gasteiger partial charge in [-0.25, -0.2) is 13.4 Å². The second-order valence-electron chi connectivity index (χ2n) is 6.11. The molecule has 1 saturated heterocycles. The summed E-state index contributed by atoms with van der Waals surface area (Å²) in [5.74, 6) is 1.90. The summed E-state index contributed by atoms with van der Waals surface area (Å²) in [6.07, 6.45) is 7.55. The van der Waals surface area contributed by atoms with Crippen molar-refractivity contribution in [3.63, 3.8) is 0 Å². The molecule has 0 aromatic carbocycles. The minimum atomic E-state index is -2.84. The highest BCUT2D eigenvalue weighted by molar-refractivity contribution is 7.91. The lowest BCUT2D eigenvalue weighted by Gasteiger charge is -2.22. The zero-order valence-corrected chi connectivity index (χ0v) is 12.5. The molecule has 112 valence electrons. The van der Waals surface area contributed by atoms with Crippen molar-refractivity contribution in [1.29, 1.82) is 0 Å². The van der Waals surface area contributed by atoms with Gasteiger partial charge >= 0.3 is 0 Å². The zero-order valence-electron chi connectivity index (χ0n) is 11.7. The Morgan fingerprint density at radius 2 is 2.20 bits per heavy atom. The second kappa shape index (κ2) is 5.48. The molecule has 2 unspecified atom stereocenters. The summed E-state index contributed by atoms with van der Waals surface area (Å²) in [5, 5.41) is 9.41. The molecule has 2 aliphatic rings. The number of aromatic nitrogens is 2. The van der Waals surface area contributed by atoms with E-state index in [4.69, 9.17) is 0 Å². The minimum absolute atomic E-state index is 0.148. The zero-order chi connectivity index (χ0) is 14.2. The fourth-order valence-electron chi connectivity index (χ4n) is 3.48. The van der Waals surface area contributed by atoms with Crippen molar-refractivity contribution < 1.29 is 13.5 Å². The molecule has 0 saturated carbocycles. The first-order chi connectivity index (χ1) is 9.57. The molecule has 1 aromatic heterocycles. The Morgan fingerprint density at radius 3 is 2.95 bits per heavy atom. The smallest absolute Gasteiger partial charge is 0.150 e. The van der Waals surface area contributed by atoms with E-state index in [9.17, 15) is 13.5 Å². The molecule has 1 fully saturated rings. The highest BCUT2D eigenvalue weighted by atomic mass is 32.2. The molecule has 3 heterocycles. The third-order valence-corrected chi connectivity index (χ3v) is 6.35. The van der Waals surface area contributed by atoms with E-state index in [0.29, 0.717) is 11.5 Å². The molecule has 1 N–H and O–H groups in total. The second-order valence-corrected chi connectivity index (χ2v) is 8.34. The lowest BCUT2D eigenvalue weighted by Crippen LogP contribution is -2.26. The van der Waals surface area contributed by atoms with E-state index in [2.05, 4.69) is 9.55 Å². The van der Waals surface area contributed by atoms with E-state index in [1.807, 2.05) is 6.20 Å². The van der Waals surface area contributed by atoms with Gasteiger partial charge in [0.1, 0.15) is 5.82 Å². The Kier molecular flexibility index (Phi) is 3.86. The van der Waals surface area contributed by atoms with Crippen LogP contribution >= 0.6 is 0 Å². The Morgan fingerprint density at radius 1 is 1.35 bits per heavy atom. The quantitative estimate of drug-likeness (QED) is 0.907. The fourth-order valence-corrected chi connectivity index (χ4v) is 5.25. The van der Waals surface area contributed by atoms with Crippen LogP contribution in [0, 0.1) is 5.92 Å². The molecule has 0 spiro atoms. The van der Waals surface area contributed by atoms with E-state index in [1.165, 1.54) is 0 Å². The molecule has 0 aliphatic carbocycles. The normalized spacial score (nSPS) is 29.1. The van der Waals surface area contributed by atoms with Crippen LogP contribution in [0.5, 0.6) is 0 Å². The van der Waals surface area contributed by atoms with Gasteiger partial charge in [0, 0.05) is 12.6 Å². The molecule has 2 atom stereocenters. The Balaban J connectivity index is 1.74. The third kappa shape index (κ3) is 2.91. The number of aryl methyl sites for hydroxylation is 1. The highest BCUT2D eigenvalue weighted by Crippen LogP contribution is 2.27. The van der Waals surface area contributed by atoms with E-state index in [-0.39, 0.29) is 18.6 Å². The molecular formula is C14H22N2O3S. The first-order valence-corrected chi connectivity index (χ1v) is 9.27. The van der Waals surface area contributed by atoms with Crippen LogP contribution in [0.4, 0.5) is 0 Å². The van der Waals surface area contributed by atoms with Crippen LogP contribution in [0.15, 0.2) is 6.20 Å². The molecule has 5 nitrogen and oxygen atoms in total. The molecule has 20 heavy (non-hydrogen) atoms. The molecule has 0 bridgehead atoms. The van der Waals surface area contributed by atoms with Crippen LogP contribution in [0.1, 0.15) is 43.2 Å². The first kappa shape index (κ1) is 14.1. The largest absolute Gasteiger partial charge is 0.394 e. The van der Waals surface area contributed by atoms with Gasteiger partial charge in [0.2, 0.25) is 0 Å². The van der Waals surface area contributed by atoms with Crippen molar-refractivity contribution >= 4 is 9.84 Å². The van der Waals surface area contributed by atoms with Crippen molar-refractivity contribution in [1.82, 2.24) is 9.55 Å². The molecule has 1 aromatic rings. The molecular weight excluding hydrogens is 276 g/mol. The Bertz CT molecular complexity index is 579. The van der Waals surface area contributed by atoms with E-state index in [0.717, 1.165) is 50.0 Å². The van der Waals surface area contributed by atoms with Gasteiger partial charge in [-0.3, -0.25) is 0 Å². The van der Waals surface area contributed by atoms with Crippen LogP contribution in [-0.4, -0.2) is 41.2 Å². The summed E-state index contributed by atoms with van der Waals surface area (Å²) in [7, 11) is -2.84. The number of sulfone groups is 1. The Hall–Kier alpha value is -0.880. The van der Waals surface area contributed by atoms with Crippen LogP contribution in [0.3, 0.4) is 0 Å². The maximum absolute atomic E-state index is 11.7. The van der Waals surface area contributed by atoms with E-state index < -0.39 is 9.84 Å². The van der Waals surface area contributed by atoms with Gasteiger partial charge in [0.15, 0.2) is 9.84 Å². The van der Waals surface area contributed by atoms with Gasteiger partial charge < -0.3 is 9.67 Å². The lowest BCUT2D eigenvalue weighted by molar-refractivity contribution is 0.206. The van der Waals surface area contributed by atoms with Crippen LogP contribution < -0.4 is 0 Å². The number of nitrogens with zero attached hydrogens (tertiary/aromatic N) is 2.